The van der Waals surface area contributed by atoms with Crippen LogP contribution in [-0.2, 0) is 15.9 Å². The Labute approximate surface area is 163 Å². The molecule has 0 aliphatic carbocycles. The van der Waals surface area contributed by atoms with Gasteiger partial charge in [0, 0.05) is 6.42 Å². The summed E-state index contributed by atoms with van der Waals surface area (Å²) in [6, 6.07) is 6.65. The van der Waals surface area contributed by atoms with E-state index in [4.69, 9.17) is 18.7 Å². The molecule has 1 amide bonds. The summed E-state index contributed by atoms with van der Waals surface area (Å²) in [5.41, 5.74) is 0.228. The molecule has 1 N–H and O–H groups in total. The van der Waals surface area contributed by atoms with E-state index >= 15 is 0 Å². The summed E-state index contributed by atoms with van der Waals surface area (Å²) < 4.78 is 20.3. The summed E-state index contributed by atoms with van der Waals surface area (Å²) >= 11 is 0. The zero-order chi connectivity index (χ0) is 20.7. The van der Waals surface area contributed by atoms with Crippen LogP contribution in [0.25, 0.3) is 0 Å². The molecule has 0 saturated heterocycles. The summed E-state index contributed by atoms with van der Waals surface area (Å²) in [7, 11) is 1.58. The van der Waals surface area contributed by atoms with Crippen LogP contribution in [0.15, 0.2) is 28.8 Å². The Morgan fingerprint density at radius 2 is 1.89 bits per heavy atom. The second-order valence-electron chi connectivity index (χ2n) is 6.93. The summed E-state index contributed by atoms with van der Waals surface area (Å²) in [4.78, 5) is 28.1. The van der Waals surface area contributed by atoms with Crippen molar-refractivity contribution in [2.24, 2.45) is 0 Å². The maximum absolute atomic E-state index is 12.2. The molecular formula is C19H25N3O6. The molecule has 152 valence electrons. The Bertz CT molecular complexity index is 795. The monoisotopic (exact) mass is 391 g/mol. The molecular weight excluding hydrogens is 366 g/mol. The highest BCUT2D eigenvalue weighted by molar-refractivity contribution is 5.84. The van der Waals surface area contributed by atoms with Gasteiger partial charge in [-0.05, 0) is 45.4 Å². The number of nitrogens with zero attached hydrogens (tertiary/aromatic N) is 2. The predicted octanol–water partition coefficient (Wildman–Crippen LogP) is 3.06. The summed E-state index contributed by atoms with van der Waals surface area (Å²) in [5.74, 6) is -0.140. The van der Waals surface area contributed by atoms with Crippen LogP contribution in [0.3, 0.4) is 0 Å². The van der Waals surface area contributed by atoms with Crippen molar-refractivity contribution >= 4 is 12.1 Å². The van der Waals surface area contributed by atoms with Gasteiger partial charge in [0.05, 0.1) is 19.8 Å². The quantitative estimate of drug-likeness (QED) is 0.717. The van der Waals surface area contributed by atoms with Crippen LogP contribution in [-0.4, -0.2) is 41.5 Å². The van der Waals surface area contributed by atoms with Gasteiger partial charge < -0.3 is 24.1 Å². The number of benzene rings is 1. The number of carbonyl (C=O) groups excluding carboxylic acids is 2. The Morgan fingerprint density at radius 1 is 1.21 bits per heavy atom. The van der Waals surface area contributed by atoms with E-state index in [9.17, 15) is 9.59 Å². The Morgan fingerprint density at radius 3 is 2.46 bits per heavy atom. The molecule has 2 aromatic rings. The molecule has 0 aliphatic rings. The van der Waals surface area contributed by atoms with E-state index in [1.165, 1.54) is 0 Å². The molecule has 9 nitrogen and oxygen atoms in total. The molecule has 2 rings (SSSR count). The van der Waals surface area contributed by atoms with Crippen molar-refractivity contribution in [1.29, 1.82) is 0 Å². The minimum absolute atomic E-state index is 0.143. The number of carbonyl (C=O) groups is 2. The molecule has 0 bridgehead atoms. The highest BCUT2D eigenvalue weighted by Crippen LogP contribution is 2.20. The number of amides is 1. The van der Waals surface area contributed by atoms with E-state index in [0.29, 0.717) is 12.2 Å². The van der Waals surface area contributed by atoms with Crippen molar-refractivity contribution in [1.82, 2.24) is 15.5 Å². The second kappa shape index (κ2) is 9.20. The third-order valence-corrected chi connectivity index (χ3v) is 3.49. The third-order valence-electron chi connectivity index (χ3n) is 3.49. The van der Waals surface area contributed by atoms with E-state index in [0.717, 1.165) is 5.56 Å². The van der Waals surface area contributed by atoms with Gasteiger partial charge in [-0.25, -0.2) is 9.59 Å². The fraction of sp³-hybridized carbons (Fsp3) is 0.474. The van der Waals surface area contributed by atoms with Crippen LogP contribution >= 0.6 is 0 Å². The average Bonchev–Trinajstić information content (AvgIpc) is 3.10. The lowest BCUT2D eigenvalue weighted by Crippen LogP contribution is -2.36. The van der Waals surface area contributed by atoms with Gasteiger partial charge in [0.25, 0.3) is 0 Å². The number of alkyl carbamates (subject to hydrolysis) is 1. The Balaban J connectivity index is 2.22. The Kier molecular flexibility index (Phi) is 6.97. The summed E-state index contributed by atoms with van der Waals surface area (Å²) in [6.07, 6.45) is -0.279. The Hall–Kier alpha value is -3.10. The van der Waals surface area contributed by atoms with Crippen molar-refractivity contribution in [3.63, 3.8) is 0 Å². The highest BCUT2D eigenvalue weighted by Gasteiger charge is 2.26. The van der Waals surface area contributed by atoms with Gasteiger partial charge >= 0.3 is 18.0 Å². The second-order valence-corrected chi connectivity index (χ2v) is 6.93. The van der Waals surface area contributed by atoms with E-state index in [-0.39, 0.29) is 18.3 Å². The lowest BCUT2D eigenvalue weighted by atomic mass is 10.1. The standard InChI is InChI=1S/C19H25N3O6/c1-6-26-17(23)16-21-15(22-28-16)14(20-18(24)27-19(2,3)4)11-12-7-9-13(25-5)10-8-12/h7-10,14H,6,11H2,1-5H3,(H,20,24). The molecule has 0 saturated carbocycles. The maximum atomic E-state index is 12.2. The molecule has 0 spiro atoms. The first-order valence-electron chi connectivity index (χ1n) is 8.85. The van der Waals surface area contributed by atoms with Crippen molar-refractivity contribution in [3.05, 3.63) is 41.5 Å². The maximum Gasteiger partial charge on any atom is 0.408 e. The molecule has 1 aromatic carbocycles. The number of nitrogens with one attached hydrogen (secondary N) is 1. The van der Waals surface area contributed by atoms with Crippen LogP contribution in [0.2, 0.25) is 0 Å². The zero-order valence-corrected chi connectivity index (χ0v) is 16.6. The zero-order valence-electron chi connectivity index (χ0n) is 16.6. The molecule has 0 fully saturated rings. The summed E-state index contributed by atoms with van der Waals surface area (Å²) in [5, 5.41) is 6.54. The number of aromatic nitrogens is 2. The molecule has 0 radical (unpaired) electrons. The number of ether oxygens (including phenoxy) is 3. The molecule has 28 heavy (non-hydrogen) atoms. The van der Waals surface area contributed by atoms with E-state index in [2.05, 4.69) is 15.5 Å². The minimum atomic E-state index is -0.721. The first kappa shape index (κ1) is 21.2. The average molecular weight is 391 g/mol. The van der Waals surface area contributed by atoms with Gasteiger partial charge in [-0.1, -0.05) is 17.3 Å². The third kappa shape index (κ3) is 6.26. The van der Waals surface area contributed by atoms with Gasteiger partial charge in [-0.2, -0.15) is 4.98 Å². The van der Waals surface area contributed by atoms with Gasteiger partial charge in [0.2, 0.25) is 0 Å². The molecule has 9 heteroatoms. The topological polar surface area (TPSA) is 113 Å². The SMILES string of the molecule is CCOC(=O)c1nc(C(Cc2ccc(OC)cc2)NC(=O)OC(C)(C)C)no1. The van der Waals surface area contributed by atoms with Crippen LogP contribution in [0, 0.1) is 0 Å². The first-order chi connectivity index (χ1) is 13.2. The van der Waals surface area contributed by atoms with Crippen LogP contribution < -0.4 is 10.1 Å². The fourth-order valence-electron chi connectivity index (χ4n) is 2.31. The van der Waals surface area contributed by atoms with E-state index in [1.807, 2.05) is 12.1 Å². The normalized spacial score (nSPS) is 12.2. The fourth-order valence-corrected chi connectivity index (χ4v) is 2.31. The lowest BCUT2D eigenvalue weighted by molar-refractivity contribution is 0.0467. The van der Waals surface area contributed by atoms with E-state index < -0.39 is 23.7 Å². The van der Waals surface area contributed by atoms with Crippen molar-refractivity contribution in [3.8, 4) is 5.75 Å². The molecule has 1 aromatic heterocycles. The smallest absolute Gasteiger partial charge is 0.408 e. The predicted molar refractivity (Wildman–Crippen MR) is 99.1 cm³/mol. The van der Waals surface area contributed by atoms with Crippen LogP contribution in [0.5, 0.6) is 5.75 Å². The minimum Gasteiger partial charge on any atom is -0.497 e. The summed E-state index contributed by atoms with van der Waals surface area (Å²) in [6.45, 7) is 7.14. The largest absolute Gasteiger partial charge is 0.497 e. The highest BCUT2D eigenvalue weighted by atomic mass is 16.6. The first-order valence-corrected chi connectivity index (χ1v) is 8.85. The number of esters is 1. The number of hydrogen-bond acceptors (Lipinski definition) is 8. The molecule has 1 atom stereocenters. The van der Waals surface area contributed by atoms with Gasteiger partial charge in [0.1, 0.15) is 11.4 Å². The molecule has 1 unspecified atom stereocenters. The molecule has 1 heterocycles. The molecule has 0 aliphatic heterocycles. The van der Waals surface area contributed by atoms with Crippen molar-refractivity contribution in [2.45, 2.75) is 45.8 Å². The van der Waals surface area contributed by atoms with Crippen LogP contribution in [0.1, 0.15) is 55.8 Å². The van der Waals surface area contributed by atoms with Crippen molar-refractivity contribution in [2.75, 3.05) is 13.7 Å². The van der Waals surface area contributed by atoms with Crippen molar-refractivity contribution < 1.29 is 28.3 Å². The number of rotatable bonds is 7. The lowest BCUT2D eigenvalue weighted by Gasteiger charge is -2.22. The van der Waals surface area contributed by atoms with Gasteiger partial charge in [-0.3, -0.25) is 0 Å². The van der Waals surface area contributed by atoms with Gasteiger partial charge in [-0.15, -0.1) is 0 Å². The number of hydrogen-bond donors (Lipinski definition) is 1. The number of methoxy groups -OCH3 is 1. The van der Waals surface area contributed by atoms with Crippen LogP contribution in [0.4, 0.5) is 4.79 Å². The van der Waals surface area contributed by atoms with E-state index in [1.54, 1.807) is 46.9 Å². The van der Waals surface area contributed by atoms with Gasteiger partial charge in [0.15, 0.2) is 5.82 Å².